The molecule has 0 aliphatic carbocycles. The standard InChI is InChI=1S/C23H18N2OS/c1-23(2,27)22-24-18-9-5-3-8-16(18)21(25-22)14-11-12-20-17(13-14)15-7-4-6-10-19(15)26-20/h3-13,27H,1-2H3. The van der Waals surface area contributed by atoms with E-state index in [1.165, 1.54) is 0 Å². The van der Waals surface area contributed by atoms with Crippen LogP contribution < -0.4 is 0 Å². The highest BCUT2D eigenvalue weighted by atomic mass is 32.1. The molecule has 132 valence electrons. The van der Waals surface area contributed by atoms with Crippen molar-refractivity contribution in [3.05, 3.63) is 72.6 Å². The fraction of sp³-hybridized carbons (Fsp3) is 0.130. The molecule has 0 radical (unpaired) electrons. The monoisotopic (exact) mass is 370 g/mol. The highest BCUT2D eigenvalue weighted by Gasteiger charge is 2.21. The molecule has 3 aromatic carbocycles. The van der Waals surface area contributed by atoms with Gasteiger partial charge in [-0.3, -0.25) is 0 Å². The predicted molar refractivity (Wildman–Crippen MR) is 114 cm³/mol. The van der Waals surface area contributed by atoms with Crippen LogP contribution >= 0.6 is 12.6 Å². The summed E-state index contributed by atoms with van der Waals surface area (Å²) in [5.41, 5.74) is 4.68. The largest absolute Gasteiger partial charge is 0.456 e. The first-order chi connectivity index (χ1) is 13.0. The van der Waals surface area contributed by atoms with Crippen LogP contribution in [0.4, 0.5) is 0 Å². The van der Waals surface area contributed by atoms with Crippen LogP contribution in [-0.4, -0.2) is 9.97 Å². The fourth-order valence-corrected chi connectivity index (χ4v) is 3.54. The Morgan fingerprint density at radius 3 is 2.30 bits per heavy atom. The van der Waals surface area contributed by atoms with Crippen LogP contribution in [0.25, 0.3) is 44.1 Å². The lowest BCUT2D eigenvalue weighted by atomic mass is 10.0. The van der Waals surface area contributed by atoms with E-state index in [4.69, 9.17) is 14.4 Å². The van der Waals surface area contributed by atoms with Gasteiger partial charge >= 0.3 is 0 Å². The Labute approximate surface area is 162 Å². The topological polar surface area (TPSA) is 38.9 Å². The Hall–Kier alpha value is -2.85. The zero-order chi connectivity index (χ0) is 18.6. The first kappa shape index (κ1) is 16.3. The molecule has 0 aliphatic rings. The van der Waals surface area contributed by atoms with Gasteiger partial charge in [0.1, 0.15) is 17.0 Å². The van der Waals surface area contributed by atoms with Crippen LogP contribution in [0.3, 0.4) is 0 Å². The van der Waals surface area contributed by atoms with Gasteiger partial charge < -0.3 is 4.42 Å². The molecule has 5 aromatic rings. The third-order valence-corrected chi connectivity index (χ3v) is 5.00. The van der Waals surface area contributed by atoms with Crippen molar-refractivity contribution < 1.29 is 4.42 Å². The molecule has 0 N–H and O–H groups in total. The molecule has 0 saturated heterocycles. The molecule has 0 saturated carbocycles. The second-order valence-electron chi connectivity index (χ2n) is 7.28. The van der Waals surface area contributed by atoms with E-state index >= 15 is 0 Å². The summed E-state index contributed by atoms with van der Waals surface area (Å²) in [4.78, 5) is 9.62. The van der Waals surface area contributed by atoms with Crippen molar-refractivity contribution in [2.75, 3.05) is 0 Å². The number of benzene rings is 3. The van der Waals surface area contributed by atoms with E-state index in [-0.39, 0.29) is 0 Å². The molecule has 0 atom stereocenters. The van der Waals surface area contributed by atoms with Crippen molar-refractivity contribution in [2.45, 2.75) is 18.6 Å². The number of para-hydroxylation sites is 2. The fourth-order valence-electron chi connectivity index (χ4n) is 3.44. The summed E-state index contributed by atoms with van der Waals surface area (Å²) in [6, 6.07) is 22.5. The van der Waals surface area contributed by atoms with Gasteiger partial charge in [0.2, 0.25) is 0 Å². The molecule has 0 fully saturated rings. The molecule has 2 aromatic heterocycles. The minimum absolute atomic E-state index is 0.425. The quantitative estimate of drug-likeness (QED) is 0.367. The van der Waals surface area contributed by atoms with E-state index in [1.807, 2.05) is 56.3 Å². The van der Waals surface area contributed by atoms with Gasteiger partial charge in [-0.15, -0.1) is 0 Å². The number of thiol groups is 1. The summed E-state index contributed by atoms with van der Waals surface area (Å²) in [7, 11) is 0. The predicted octanol–water partition coefficient (Wildman–Crippen LogP) is 6.36. The van der Waals surface area contributed by atoms with Crippen molar-refractivity contribution >= 4 is 45.5 Å². The van der Waals surface area contributed by atoms with E-state index in [0.717, 1.165) is 49.9 Å². The SMILES string of the molecule is CC(C)(S)c1nc(-c2ccc3oc4ccccc4c3c2)c2ccccc2n1. The smallest absolute Gasteiger partial charge is 0.144 e. The Morgan fingerprint density at radius 1 is 0.778 bits per heavy atom. The van der Waals surface area contributed by atoms with E-state index in [2.05, 4.69) is 36.9 Å². The van der Waals surface area contributed by atoms with Crippen molar-refractivity contribution in [1.82, 2.24) is 9.97 Å². The molecule has 5 rings (SSSR count). The number of aromatic nitrogens is 2. The highest BCUT2D eigenvalue weighted by molar-refractivity contribution is 7.81. The number of hydrogen-bond acceptors (Lipinski definition) is 4. The molecule has 0 amide bonds. The van der Waals surface area contributed by atoms with Gasteiger partial charge in [-0.25, -0.2) is 9.97 Å². The van der Waals surface area contributed by atoms with Crippen LogP contribution in [-0.2, 0) is 4.75 Å². The van der Waals surface area contributed by atoms with Crippen LogP contribution in [0.15, 0.2) is 71.1 Å². The third-order valence-electron chi connectivity index (χ3n) is 4.80. The molecule has 2 heterocycles. The van der Waals surface area contributed by atoms with Gasteiger partial charge in [0.15, 0.2) is 0 Å². The zero-order valence-electron chi connectivity index (χ0n) is 15.1. The lowest BCUT2D eigenvalue weighted by molar-refractivity contribution is 0.669. The summed E-state index contributed by atoms with van der Waals surface area (Å²) in [6.07, 6.45) is 0. The van der Waals surface area contributed by atoms with Gasteiger partial charge in [0, 0.05) is 21.7 Å². The number of hydrogen-bond donors (Lipinski definition) is 1. The third kappa shape index (κ3) is 2.68. The maximum Gasteiger partial charge on any atom is 0.144 e. The van der Waals surface area contributed by atoms with E-state index in [0.29, 0.717) is 0 Å². The first-order valence-electron chi connectivity index (χ1n) is 8.92. The lowest BCUT2D eigenvalue weighted by Gasteiger charge is -2.18. The highest BCUT2D eigenvalue weighted by Crippen LogP contribution is 2.35. The molecule has 0 bridgehead atoms. The van der Waals surface area contributed by atoms with Crippen LogP contribution in [0, 0.1) is 0 Å². The van der Waals surface area contributed by atoms with Crippen molar-refractivity contribution in [3.8, 4) is 11.3 Å². The molecule has 0 spiro atoms. The molecule has 3 nitrogen and oxygen atoms in total. The summed E-state index contributed by atoms with van der Waals surface area (Å²) < 4.78 is 5.54. The Kier molecular flexibility index (Phi) is 3.52. The van der Waals surface area contributed by atoms with Gasteiger partial charge in [0.05, 0.1) is 16.0 Å². The van der Waals surface area contributed by atoms with Gasteiger partial charge in [-0.05, 0) is 44.2 Å². The molecule has 0 aliphatic heterocycles. The van der Waals surface area contributed by atoms with E-state index < -0.39 is 4.75 Å². The minimum atomic E-state index is -0.425. The average molecular weight is 370 g/mol. The normalized spacial score (nSPS) is 12.3. The molecule has 0 unspecified atom stereocenters. The number of nitrogens with zero attached hydrogens (tertiary/aromatic N) is 2. The molecule has 27 heavy (non-hydrogen) atoms. The summed E-state index contributed by atoms with van der Waals surface area (Å²) >= 11 is 4.69. The van der Waals surface area contributed by atoms with Gasteiger partial charge in [-0.2, -0.15) is 12.6 Å². The second kappa shape index (κ2) is 5.83. The van der Waals surface area contributed by atoms with Gasteiger partial charge in [-0.1, -0.05) is 36.4 Å². The average Bonchev–Trinajstić information content (AvgIpc) is 3.04. The molecular weight excluding hydrogens is 352 g/mol. The van der Waals surface area contributed by atoms with E-state index in [1.54, 1.807) is 0 Å². The maximum absolute atomic E-state index is 5.96. The molecule has 4 heteroatoms. The number of fused-ring (bicyclic) bond motifs is 4. The second-order valence-corrected chi connectivity index (χ2v) is 8.40. The number of furan rings is 1. The Balaban J connectivity index is 1.83. The Morgan fingerprint density at radius 2 is 1.48 bits per heavy atom. The summed E-state index contributed by atoms with van der Waals surface area (Å²) in [5.74, 6) is 0.719. The summed E-state index contributed by atoms with van der Waals surface area (Å²) in [5, 5.41) is 3.24. The minimum Gasteiger partial charge on any atom is -0.456 e. The van der Waals surface area contributed by atoms with Crippen molar-refractivity contribution in [3.63, 3.8) is 0 Å². The maximum atomic E-state index is 5.96. The zero-order valence-corrected chi connectivity index (χ0v) is 16.0. The Bertz CT molecular complexity index is 1310. The van der Waals surface area contributed by atoms with Crippen molar-refractivity contribution in [2.24, 2.45) is 0 Å². The molecular formula is C23H18N2OS. The first-order valence-corrected chi connectivity index (χ1v) is 9.37. The van der Waals surface area contributed by atoms with Gasteiger partial charge in [0.25, 0.3) is 0 Å². The van der Waals surface area contributed by atoms with Crippen LogP contribution in [0.1, 0.15) is 19.7 Å². The lowest BCUT2D eigenvalue weighted by Crippen LogP contribution is -2.14. The number of rotatable bonds is 2. The van der Waals surface area contributed by atoms with Crippen LogP contribution in [0.5, 0.6) is 0 Å². The van der Waals surface area contributed by atoms with Crippen molar-refractivity contribution in [1.29, 1.82) is 0 Å². The van der Waals surface area contributed by atoms with Crippen LogP contribution in [0.2, 0.25) is 0 Å². The van der Waals surface area contributed by atoms with E-state index in [9.17, 15) is 0 Å². The summed E-state index contributed by atoms with van der Waals surface area (Å²) in [6.45, 7) is 4.02.